The zero-order valence-corrected chi connectivity index (χ0v) is 23.4. The Morgan fingerprint density at radius 1 is 0.706 bits per heavy atom. The third-order valence-electron chi connectivity index (χ3n) is 8.03. The van der Waals surface area contributed by atoms with Gasteiger partial charge >= 0.3 is 0 Å². The van der Waals surface area contributed by atoms with E-state index in [1.165, 1.54) is 25.7 Å². The summed E-state index contributed by atoms with van der Waals surface area (Å²) in [5.74, 6) is 1.28. The quantitative estimate of drug-likeness (QED) is 0.230. The van der Waals surface area contributed by atoms with Crippen molar-refractivity contribution in [2.45, 2.75) is 144 Å². The fourth-order valence-corrected chi connectivity index (χ4v) is 5.06. The number of carbonyl (C=O) groups is 2. The van der Waals surface area contributed by atoms with E-state index in [-0.39, 0.29) is 11.6 Å². The monoisotopic (exact) mass is 476 g/mol. The van der Waals surface area contributed by atoms with Crippen molar-refractivity contribution >= 4 is 11.6 Å². The molecule has 4 heteroatoms. The van der Waals surface area contributed by atoms with Gasteiger partial charge in [0.25, 0.3) is 0 Å². The molecular formula is C30H52O4. The summed E-state index contributed by atoms with van der Waals surface area (Å²) in [6.07, 6.45) is 11.3. The first-order chi connectivity index (χ1) is 15.7. The maximum absolute atomic E-state index is 12.7. The molecular weight excluding hydrogens is 424 g/mol. The van der Waals surface area contributed by atoms with Gasteiger partial charge in [-0.3, -0.25) is 9.59 Å². The second-order valence-corrected chi connectivity index (χ2v) is 11.8. The van der Waals surface area contributed by atoms with Crippen LogP contribution < -0.4 is 0 Å². The number of allylic oxidation sites excluding steroid dienone is 4. The lowest BCUT2D eigenvalue weighted by molar-refractivity contribution is -0.116. The van der Waals surface area contributed by atoms with E-state index in [1.54, 1.807) is 20.8 Å². The highest BCUT2D eigenvalue weighted by atomic mass is 16.3. The molecule has 3 unspecified atom stereocenters. The molecule has 3 atom stereocenters. The van der Waals surface area contributed by atoms with E-state index < -0.39 is 11.2 Å². The first-order valence-electron chi connectivity index (χ1n) is 13.6. The number of Topliss-reactive ketones (excluding diaryl/α,β-unsaturated/α-hetero) is 2. The summed E-state index contributed by atoms with van der Waals surface area (Å²) >= 11 is 0. The molecule has 0 spiro atoms. The number of ketones is 2. The van der Waals surface area contributed by atoms with Crippen molar-refractivity contribution in [2.75, 3.05) is 0 Å². The van der Waals surface area contributed by atoms with Gasteiger partial charge in [-0.1, -0.05) is 65.7 Å². The Balaban J connectivity index is 2.39. The molecule has 1 aliphatic carbocycles. The Morgan fingerprint density at radius 3 is 1.68 bits per heavy atom. The Bertz CT molecular complexity index is 752. The smallest absolute Gasteiger partial charge is 0.185 e. The highest BCUT2D eigenvalue weighted by molar-refractivity contribution is 6.24. The number of hydrogen-bond donors (Lipinski definition) is 2. The lowest BCUT2D eigenvalue weighted by Crippen LogP contribution is -2.29. The predicted molar refractivity (Wildman–Crippen MR) is 142 cm³/mol. The summed E-state index contributed by atoms with van der Waals surface area (Å²) in [5, 5.41) is 21.0. The fraction of sp³-hybridized carbons (Fsp3) is 0.800. The van der Waals surface area contributed by atoms with Gasteiger partial charge < -0.3 is 10.2 Å². The van der Waals surface area contributed by atoms with Crippen molar-refractivity contribution in [2.24, 2.45) is 11.8 Å². The normalized spacial score (nSPS) is 19.0. The molecule has 1 aliphatic rings. The van der Waals surface area contributed by atoms with E-state index >= 15 is 0 Å². The number of carbonyl (C=O) groups excluding carboxylic acids is 2. The van der Waals surface area contributed by atoms with Gasteiger partial charge in [0, 0.05) is 22.3 Å². The fourth-order valence-electron chi connectivity index (χ4n) is 5.06. The molecule has 1 rings (SSSR count). The minimum atomic E-state index is -0.782. The highest BCUT2D eigenvalue weighted by Crippen LogP contribution is 2.32. The molecule has 0 fully saturated rings. The van der Waals surface area contributed by atoms with E-state index in [0.717, 1.165) is 32.1 Å². The Labute approximate surface area is 209 Å². The Morgan fingerprint density at radius 2 is 1.18 bits per heavy atom. The van der Waals surface area contributed by atoms with E-state index in [1.807, 2.05) is 20.8 Å². The van der Waals surface area contributed by atoms with Crippen molar-refractivity contribution in [1.29, 1.82) is 0 Å². The second-order valence-electron chi connectivity index (χ2n) is 11.8. The van der Waals surface area contributed by atoms with Gasteiger partial charge in [-0.15, -0.1) is 0 Å². The molecule has 0 aliphatic heterocycles. The van der Waals surface area contributed by atoms with Gasteiger partial charge in [-0.25, -0.2) is 0 Å². The summed E-state index contributed by atoms with van der Waals surface area (Å²) in [7, 11) is 0. The second kappa shape index (κ2) is 13.7. The van der Waals surface area contributed by atoms with E-state index in [9.17, 15) is 19.8 Å². The van der Waals surface area contributed by atoms with Crippen LogP contribution in [0.5, 0.6) is 0 Å². The summed E-state index contributed by atoms with van der Waals surface area (Å²) in [4.78, 5) is 25.1. The van der Waals surface area contributed by atoms with Gasteiger partial charge in [0.15, 0.2) is 11.6 Å². The molecule has 0 saturated carbocycles. The van der Waals surface area contributed by atoms with Crippen LogP contribution in [-0.4, -0.2) is 33.0 Å². The molecule has 34 heavy (non-hydrogen) atoms. The van der Waals surface area contributed by atoms with Gasteiger partial charge in [-0.05, 0) is 78.6 Å². The van der Waals surface area contributed by atoms with Crippen LogP contribution in [0.4, 0.5) is 0 Å². The minimum Gasteiger partial charge on any atom is -0.390 e. The Hall–Kier alpha value is -1.26. The summed E-state index contributed by atoms with van der Waals surface area (Å²) in [6, 6.07) is 0. The van der Waals surface area contributed by atoms with Gasteiger partial charge in [0.1, 0.15) is 0 Å². The highest BCUT2D eigenvalue weighted by Gasteiger charge is 2.31. The van der Waals surface area contributed by atoms with Crippen LogP contribution in [0.3, 0.4) is 0 Å². The summed E-state index contributed by atoms with van der Waals surface area (Å²) in [5.41, 5.74) is 0.901. The molecule has 196 valence electrons. The Kier molecular flexibility index (Phi) is 12.4. The maximum atomic E-state index is 12.7. The van der Waals surface area contributed by atoms with E-state index in [2.05, 4.69) is 13.8 Å². The maximum Gasteiger partial charge on any atom is 0.185 e. The largest absolute Gasteiger partial charge is 0.390 e. The SMILES string of the molecule is CCC(O)(CCCC(C)CCCC(C)CCCC(C)(C)O)CCC1=C(C)C(=O)C(C)=C(C)C1=O. The third kappa shape index (κ3) is 10.2. The third-order valence-corrected chi connectivity index (χ3v) is 8.03. The molecule has 0 bridgehead atoms. The van der Waals surface area contributed by atoms with Crippen LogP contribution in [0.15, 0.2) is 22.3 Å². The van der Waals surface area contributed by atoms with Crippen molar-refractivity contribution in [3.8, 4) is 0 Å². The van der Waals surface area contributed by atoms with Crippen LogP contribution in [-0.2, 0) is 9.59 Å². The van der Waals surface area contributed by atoms with Crippen LogP contribution in [0.1, 0.15) is 132 Å². The molecule has 0 heterocycles. The zero-order valence-electron chi connectivity index (χ0n) is 23.4. The van der Waals surface area contributed by atoms with Crippen molar-refractivity contribution < 1.29 is 19.8 Å². The topological polar surface area (TPSA) is 74.6 Å². The minimum absolute atomic E-state index is 0.0315. The van der Waals surface area contributed by atoms with Crippen molar-refractivity contribution in [3.63, 3.8) is 0 Å². The molecule has 0 amide bonds. The summed E-state index contributed by atoms with van der Waals surface area (Å²) in [6.45, 7) is 15.6. The molecule has 4 nitrogen and oxygen atoms in total. The standard InChI is InChI=1S/C30H52O4/c1-9-30(34,20-17-26-25(6)27(31)23(4)24(5)28(26)32)19-12-16-22(3)14-10-13-21(2)15-11-18-29(7,8)33/h21-22,33-34H,9-20H2,1-8H3. The number of rotatable bonds is 16. The summed E-state index contributed by atoms with van der Waals surface area (Å²) < 4.78 is 0. The van der Waals surface area contributed by atoms with Gasteiger partial charge in [0.05, 0.1) is 11.2 Å². The van der Waals surface area contributed by atoms with Crippen molar-refractivity contribution in [1.82, 2.24) is 0 Å². The lowest BCUT2D eigenvalue weighted by Gasteiger charge is -2.29. The first kappa shape index (κ1) is 30.8. The number of hydrogen-bond acceptors (Lipinski definition) is 4. The van der Waals surface area contributed by atoms with Crippen LogP contribution in [0.25, 0.3) is 0 Å². The average molecular weight is 477 g/mol. The lowest BCUT2D eigenvalue weighted by atomic mass is 9.80. The molecule has 0 saturated heterocycles. The molecule has 2 N–H and O–H groups in total. The van der Waals surface area contributed by atoms with E-state index in [4.69, 9.17) is 0 Å². The van der Waals surface area contributed by atoms with Crippen LogP contribution in [0, 0.1) is 11.8 Å². The zero-order chi connectivity index (χ0) is 26.1. The van der Waals surface area contributed by atoms with Crippen LogP contribution in [0.2, 0.25) is 0 Å². The first-order valence-corrected chi connectivity index (χ1v) is 13.6. The van der Waals surface area contributed by atoms with E-state index in [0.29, 0.717) is 53.4 Å². The molecule has 0 aromatic carbocycles. The molecule has 0 aromatic rings. The van der Waals surface area contributed by atoms with Gasteiger partial charge in [-0.2, -0.15) is 0 Å². The molecule has 0 radical (unpaired) electrons. The van der Waals surface area contributed by atoms with Crippen molar-refractivity contribution in [3.05, 3.63) is 22.3 Å². The molecule has 0 aromatic heterocycles. The predicted octanol–water partition coefficient (Wildman–Crippen LogP) is 7.27. The van der Waals surface area contributed by atoms with Crippen LogP contribution >= 0.6 is 0 Å². The van der Waals surface area contributed by atoms with Gasteiger partial charge in [0.2, 0.25) is 0 Å². The average Bonchev–Trinajstić information content (AvgIpc) is 2.75. The number of aliphatic hydroxyl groups is 2.